The van der Waals surface area contributed by atoms with Gasteiger partial charge in [-0.25, -0.2) is 32.4 Å². The summed E-state index contributed by atoms with van der Waals surface area (Å²) in [5, 5.41) is 0. The lowest BCUT2D eigenvalue weighted by Gasteiger charge is -1.78. The molecule has 0 amide bonds. The molecule has 0 spiro atoms. The summed E-state index contributed by atoms with van der Waals surface area (Å²) in [4.78, 5) is 87.4. The Morgan fingerprint density at radius 1 is 0.500 bits per heavy atom. The van der Waals surface area contributed by atoms with Crippen molar-refractivity contribution in [1.82, 2.24) is 9.55 Å². The van der Waals surface area contributed by atoms with Crippen LogP contribution in [0.3, 0.4) is 0 Å². The van der Waals surface area contributed by atoms with Gasteiger partial charge in [-0.1, -0.05) is 0 Å². The van der Waals surface area contributed by atoms with E-state index in [4.69, 9.17) is 86.1 Å². The minimum absolute atomic E-state index is 1.75. The second-order valence-electron chi connectivity index (χ2n) is 4.07. The van der Waals surface area contributed by atoms with Crippen LogP contribution < -0.4 is 0 Å². The zero-order chi connectivity index (χ0) is 31.4. The van der Waals surface area contributed by atoms with Gasteiger partial charge < -0.3 is 4.57 Å². The van der Waals surface area contributed by atoms with Gasteiger partial charge in [0, 0.05) is 19.4 Å². The van der Waals surface area contributed by atoms with E-state index < -0.39 is 47.4 Å². The van der Waals surface area contributed by atoms with E-state index in [2.05, 4.69) is 4.98 Å². The van der Waals surface area contributed by atoms with Gasteiger partial charge in [0.25, 0.3) is 0 Å². The van der Waals surface area contributed by atoms with Crippen molar-refractivity contribution >= 4 is 47.4 Å². The summed E-state index contributed by atoms with van der Waals surface area (Å²) >= 11 is 0. The number of imidazole rings is 1. The quantitative estimate of drug-likeness (QED) is 0.132. The second-order valence-corrected chi connectivity index (χ2v) is 9.74. The third-order valence-electron chi connectivity index (χ3n) is 0.637. The third kappa shape index (κ3) is 804. The first-order valence-electron chi connectivity index (χ1n) is 6.32. The van der Waals surface area contributed by atoms with Crippen LogP contribution in [-0.2, 0) is 34.4 Å². The zero-order valence-corrected chi connectivity index (χ0v) is 21.8. The number of hydrogen-bond donors (Lipinski definition) is 12. The molecule has 0 aliphatic rings. The Hall–Kier alpha value is -0.310. The van der Waals surface area contributed by atoms with Crippen molar-refractivity contribution in [1.29, 1.82) is 0 Å². The van der Waals surface area contributed by atoms with Crippen molar-refractivity contribution in [2.75, 3.05) is 0 Å². The standard InChI is InChI=1S/C4H6N2.6FH2O3P/c1-6-3-2-5-4-6;6*1-5(2,3)4/h2-4H,1H3;6*(H2,2,3,4). The fraction of sp³-hybridized carbons (Fsp3) is 0.250. The first kappa shape index (κ1) is 48.7. The topological polar surface area (TPSA) is 363 Å². The largest absolute Gasteiger partial charge is 0.507 e. The molecule has 0 radical (unpaired) electrons. The molecule has 20 nitrogen and oxygen atoms in total. The van der Waals surface area contributed by atoms with Gasteiger partial charge in [0.1, 0.15) is 0 Å². The van der Waals surface area contributed by atoms with Crippen LogP contribution in [0.1, 0.15) is 0 Å². The molecule has 1 aromatic rings. The molecule has 1 aromatic heterocycles. The number of aryl methyl sites for hydroxylation is 1. The first-order chi connectivity index (χ1) is 14.9. The van der Waals surface area contributed by atoms with E-state index in [1.165, 1.54) is 0 Å². The Bertz CT molecular complexity index is 719. The smallest absolute Gasteiger partial charge is 0.341 e. The maximum atomic E-state index is 10.4. The van der Waals surface area contributed by atoms with E-state index in [1.807, 2.05) is 17.8 Å². The van der Waals surface area contributed by atoms with Crippen molar-refractivity contribution in [3.05, 3.63) is 18.7 Å². The Labute approximate surface area is 195 Å². The molecule has 12 N–H and O–H groups in total. The molecule has 0 saturated heterocycles. The van der Waals surface area contributed by atoms with Gasteiger partial charge in [0.05, 0.1) is 6.33 Å². The predicted octanol–water partition coefficient (Wildman–Crippen LogP) is 0.712. The van der Waals surface area contributed by atoms with Crippen LogP contribution in [0.25, 0.3) is 0 Å². The van der Waals surface area contributed by atoms with E-state index in [9.17, 15) is 25.2 Å². The molecule has 1 rings (SSSR count). The Morgan fingerprint density at radius 3 is 0.667 bits per heavy atom. The van der Waals surface area contributed by atoms with Gasteiger partial charge >= 0.3 is 47.4 Å². The van der Waals surface area contributed by atoms with E-state index in [1.54, 1.807) is 12.5 Å². The van der Waals surface area contributed by atoms with Crippen molar-refractivity contribution in [3.8, 4) is 0 Å². The van der Waals surface area contributed by atoms with Crippen LogP contribution in [0.4, 0.5) is 25.2 Å². The first-order valence-corrected chi connectivity index (χ1v) is 15.3. The number of hydrogen-bond acceptors (Lipinski definition) is 7. The van der Waals surface area contributed by atoms with Crippen LogP contribution in [-0.4, -0.2) is 68.3 Å². The van der Waals surface area contributed by atoms with Gasteiger partial charge in [0.2, 0.25) is 0 Å². The molecule has 0 aliphatic heterocycles. The highest BCUT2D eigenvalue weighted by Crippen LogP contribution is 2.37. The van der Waals surface area contributed by atoms with Crippen LogP contribution in [0.15, 0.2) is 18.7 Å². The molecule has 0 unspecified atom stereocenters. The molecular formula is C4H18F6N2O18P6. The van der Waals surface area contributed by atoms with Gasteiger partial charge in [-0.05, 0) is 0 Å². The fourth-order valence-corrected chi connectivity index (χ4v) is 0.326. The van der Waals surface area contributed by atoms with Crippen molar-refractivity contribution in [3.63, 3.8) is 0 Å². The fourth-order valence-electron chi connectivity index (χ4n) is 0.326. The summed E-state index contributed by atoms with van der Waals surface area (Å²) in [6.45, 7) is 0. The maximum Gasteiger partial charge on any atom is 0.507 e. The molecule has 0 saturated carbocycles. The van der Waals surface area contributed by atoms with E-state index in [0.717, 1.165) is 0 Å². The molecule has 36 heavy (non-hydrogen) atoms. The van der Waals surface area contributed by atoms with Crippen LogP contribution in [0, 0.1) is 0 Å². The molecule has 32 heteroatoms. The van der Waals surface area contributed by atoms with Crippen LogP contribution in [0.2, 0.25) is 0 Å². The number of halogens is 6. The summed E-state index contributed by atoms with van der Waals surface area (Å²) in [6.07, 6.45) is 5.39. The average molecular weight is 682 g/mol. The van der Waals surface area contributed by atoms with Crippen LogP contribution in [0.5, 0.6) is 0 Å². The highest BCUT2D eigenvalue weighted by atomic mass is 31.2. The molecule has 0 fully saturated rings. The van der Waals surface area contributed by atoms with E-state index in [0.29, 0.717) is 0 Å². The van der Waals surface area contributed by atoms with Crippen molar-refractivity contribution < 1.29 is 111 Å². The van der Waals surface area contributed by atoms with E-state index >= 15 is 0 Å². The molecular weight excluding hydrogens is 664 g/mol. The molecule has 0 atom stereocenters. The number of aromatic nitrogens is 2. The Kier molecular flexibility index (Phi) is 29.2. The average Bonchev–Trinajstić information content (AvgIpc) is 2.76. The third-order valence-corrected chi connectivity index (χ3v) is 0.637. The Morgan fingerprint density at radius 2 is 0.639 bits per heavy atom. The summed E-state index contributed by atoms with van der Waals surface area (Å²) in [5.74, 6) is 0. The summed E-state index contributed by atoms with van der Waals surface area (Å²) < 4.78 is 116. The van der Waals surface area contributed by atoms with Gasteiger partial charge in [-0.2, -0.15) is 0 Å². The predicted molar refractivity (Wildman–Crippen MR) is 102 cm³/mol. The molecule has 0 aromatic carbocycles. The molecule has 1 heterocycles. The van der Waals surface area contributed by atoms with Crippen molar-refractivity contribution in [2.24, 2.45) is 7.05 Å². The maximum absolute atomic E-state index is 10.4. The lowest BCUT2D eigenvalue weighted by molar-refractivity contribution is 0.320. The zero-order valence-electron chi connectivity index (χ0n) is 16.4. The second kappa shape index (κ2) is 21.6. The highest BCUT2D eigenvalue weighted by Gasteiger charge is 2.06. The normalized spacial score (nSPS) is 11.3. The number of rotatable bonds is 0. The lowest BCUT2D eigenvalue weighted by atomic mass is 10.9. The monoisotopic (exact) mass is 682 g/mol. The molecule has 0 bridgehead atoms. The van der Waals surface area contributed by atoms with Gasteiger partial charge in [0.15, 0.2) is 0 Å². The van der Waals surface area contributed by atoms with Crippen LogP contribution >= 0.6 is 47.4 Å². The van der Waals surface area contributed by atoms with Gasteiger partial charge in [-0.15, -0.1) is 25.2 Å². The summed E-state index contributed by atoms with van der Waals surface area (Å²) in [7, 11) is -28.9. The van der Waals surface area contributed by atoms with E-state index in [-0.39, 0.29) is 0 Å². The SMILES string of the molecule is Cn1ccnc1.O=P(O)(O)F.O=P(O)(O)F.O=P(O)(O)F.O=P(O)(O)F.O=P(O)(O)F.O=P(O)(O)F. The molecule has 0 aliphatic carbocycles. The van der Waals surface area contributed by atoms with Gasteiger partial charge in [-0.3, -0.25) is 58.7 Å². The van der Waals surface area contributed by atoms with Crippen molar-refractivity contribution in [2.45, 2.75) is 0 Å². The summed E-state index contributed by atoms with van der Waals surface area (Å²) in [6, 6.07) is 0. The minimum atomic E-state index is -5.14. The highest BCUT2D eigenvalue weighted by molar-refractivity contribution is 7.46. The summed E-state index contributed by atoms with van der Waals surface area (Å²) in [5.41, 5.74) is 0. The Balaban J connectivity index is -0.0000000731. The minimum Gasteiger partial charge on any atom is -0.341 e. The lowest BCUT2D eigenvalue weighted by Crippen LogP contribution is -1.76. The molecule has 224 valence electrons. The number of nitrogens with zero attached hydrogens (tertiary/aromatic N) is 2.